The number of hydrogen-bond donors (Lipinski definition) is 1. The summed E-state index contributed by atoms with van der Waals surface area (Å²) in [5.41, 5.74) is 6.11. The fraction of sp³-hybridized carbons (Fsp3) is 0.400. The van der Waals surface area contributed by atoms with Crippen molar-refractivity contribution in [3.05, 3.63) is 130 Å². The highest BCUT2D eigenvalue weighted by Crippen LogP contribution is 2.44. The lowest BCUT2D eigenvalue weighted by molar-refractivity contribution is -0.127. The van der Waals surface area contributed by atoms with E-state index in [1.165, 1.54) is 5.57 Å². The van der Waals surface area contributed by atoms with E-state index in [0.29, 0.717) is 12.8 Å². The van der Waals surface area contributed by atoms with Crippen molar-refractivity contribution >= 4 is 11.6 Å². The van der Waals surface area contributed by atoms with Crippen molar-refractivity contribution in [2.75, 3.05) is 0 Å². The van der Waals surface area contributed by atoms with Gasteiger partial charge < -0.3 is 5.11 Å². The predicted molar refractivity (Wildman–Crippen MR) is 184 cm³/mol. The zero-order valence-corrected chi connectivity index (χ0v) is 28.0. The second-order valence-electron chi connectivity index (χ2n) is 13.6. The number of allylic oxidation sites excluding steroid dienone is 21. The average Bonchev–Trinajstić information content (AvgIpc) is 2.83. The van der Waals surface area contributed by atoms with E-state index in [2.05, 4.69) is 83.2 Å². The highest BCUT2D eigenvalue weighted by molar-refractivity contribution is 5.93. The van der Waals surface area contributed by atoms with Crippen LogP contribution in [0.25, 0.3) is 0 Å². The molecule has 3 heteroatoms. The van der Waals surface area contributed by atoms with Crippen molar-refractivity contribution in [1.29, 1.82) is 0 Å². The lowest BCUT2D eigenvalue weighted by Gasteiger charge is -2.41. The molecule has 2 aliphatic rings. The normalized spacial score (nSPS) is 26.3. The number of hydrogen-bond acceptors (Lipinski definition) is 3. The van der Waals surface area contributed by atoms with Crippen LogP contribution in [-0.2, 0) is 9.59 Å². The quantitative estimate of drug-likeness (QED) is 0.276. The van der Waals surface area contributed by atoms with Gasteiger partial charge in [0.15, 0.2) is 5.78 Å². The molecule has 43 heavy (non-hydrogen) atoms. The van der Waals surface area contributed by atoms with Crippen LogP contribution in [0.3, 0.4) is 0 Å². The number of carbonyl (C=O) groups excluding carboxylic acids is 2. The number of carbonyl (C=O) groups is 2. The maximum Gasteiger partial charge on any atom is 0.156 e. The molecular weight excluding hydrogens is 528 g/mol. The summed E-state index contributed by atoms with van der Waals surface area (Å²) in [7, 11) is 0. The summed E-state index contributed by atoms with van der Waals surface area (Å²) in [6.07, 6.45) is 31.8. The Bertz CT molecular complexity index is 1390. The Hall–Kier alpha value is -3.56. The van der Waals surface area contributed by atoms with Crippen molar-refractivity contribution in [1.82, 2.24) is 0 Å². The largest absolute Gasteiger partial charge is 0.385 e. The summed E-state index contributed by atoms with van der Waals surface area (Å²) in [6, 6.07) is 0. The van der Waals surface area contributed by atoms with Crippen LogP contribution in [0.15, 0.2) is 130 Å². The Morgan fingerprint density at radius 2 is 1.12 bits per heavy atom. The first-order valence-corrected chi connectivity index (χ1v) is 15.2. The molecule has 230 valence electrons. The van der Waals surface area contributed by atoms with Crippen LogP contribution in [0.5, 0.6) is 0 Å². The van der Waals surface area contributed by atoms with Crippen molar-refractivity contribution in [3.63, 3.8) is 0 Å². The van der Waals surface area contributed by atoms with E-state index in [9.17, 15) is 14.7 Å². The van der Waals surface area contributed by atoms with Gasteiger partial charge in [-0.2, -0.15) is 0 Å². The van der Waals surface area contributed by atoms with Gasteiger partial charge in [0.1, 0.15) is 5.78 Å². The van der Waals surface area contributed by atoms with Gasteiger partial charge in [-0.3, -0.25) is 9.59 Å². The summed E-state index contributed by atoms with van der Waals surface area (Å²) in [4.78, 5) is 23.9. The van der Waals surface area contributed by atoms with E-state index in [0.717, 1.165) is 33.4 Å². The summed E-state index contributed by atoms with van der Waals surface area (Å²) >= 11 is 0. The highest BCUT2D eigenvalue weighted by Gasteiger charge is 2.43. The molecule has 0 aliphatic heterocycles. The Morgan fingerprint density at radius 3 is 1.60 bits per heavy atom. The summed E-state index contributed by atoms with van der Waals surface area (Å²) < 4.78 is 0. The average molecular weight is 581 g/mol. The van der Waals surface area contributed by atoms with E-state index in [-0.39, 0.29) is 28.8 Å². The van der Waals surface area contributed by atoms with E-state index in [1.54, 1.807) is 13.0 Å². The van der Waals surface area contributed by atoms with Gasteiger partial charge >= 0.3 is 0 Å². The molecule has 0 aromatic rings. The molecule has 1 N–H and O–H groups in total. The molecule has 1 atom stereocenters. The van der Waals surface area contributed by atoms with Gasteiger partial charge in [-0.05, 0) is 75.2 Å². The molecule has 0 bridgehead atoms. The molecule has 1 unspecified atom stereocenters. The monoisotopic (exact) mass is 580 g/mol. The number of ketones is 2. The SMILES string of the molecule is CC1=CC(=O)CC(C)(C)\C1=C/C=C(C)/C=C/C=C(C)/C=C/C=C/C(C)=C/C=C/C(C)=C/C=C1\C(C)(C)CC(=O)CC1(C)O. The molecule has 3 nitrogen and oxygen atoms in total. The first kappa shape index (κ1) is 35.6. The van der Waals surface area contributed by atoms with Crippen LogP contribution in [0.1, 0.15) is 88.5 Å². The van der Waals surface area contributed by atoms with E-state index >= 15 is 0 Å². The van der Waals surface area contributed by atoms with Crippen molar-refractivity contribution in [3.8, 4) is 0 Å². The topological polar surface area (TPSA) is 54.4 Å². The van der Waals surface area contributed by atoms with E-state index in [4.69, 9.17) is 0 Å². The van der Waals surface area contributed by atoms with Crippen molar-refractivity contribution in [2.24, 2.45) is 10.8 Å². The van der Waals surface area contributed by atoms with Crippen LogP contribution >= 0.6 is 0 Å². The molecule has 1 fully saturated rings. The molecule has 1 saturated carbocycles. The maximum absolute atomic E-state index is 12.0. The van der Waals surface area contributed by atoms with Crippen LogP contribution < -0.4 is 0 Å². The van der Waals surface area contributed by atoms with E-state index in [1.807, 2.05) is 64.2 Å². The lowest BCUT2D eigenvalue weighted by Crippen LogP contribution is -2.43. The fourth-order valence-electron chi connectivity index (χ4n) is 5.83. The third-order valence-corrected chi connectivity index (χ3v) is 7.93. The Kier molecular flexibility index (Phi) is 12.6. The zero-order valence-electron chi connectivity index (χ0n) is 28.0. The first-order valence-electron chi connectivity index (χ1n) is 15.2. The minimum absolute atomic E-state index is 0.111. The fourth-order valence-corrected chi connectivity index (χ4v) is 5.83. The number of rotatable bonds is 9. The molecule has 2 aliphatic carbocycles. The second kappa shape index (κ2) is 15.3. The summed E-state index contributed by atoms with van der Waals surface area (Å²) in [5.74, 6) is 0.316. The van der Waals surface area contributed by atoms with Crippen molar-refractivity contribution < 1.29 is 14.7 Å². The molecule has 0 aromatic carbocycles. The standard InChI is InChI=1S/C40H52O3/c1-29(17-13-19-31(3)21-23-36-33(5)25-34(41)26-38(36,6)7)15-11-12-16-30(2)18-14-20-32(4)22-24-37-39(8,9)27-35(42)28-40(37,10)43/h11-25,43H,26-28H2,1-10H3/b15-11+,16-12+,19-13+,20-14+,29-17+,30-18+,31-21+,32-22+,36-23-,37-24+. The molecular formula is C40H52O3. The van der Waals surface area contributed by atoms with Crippen LogP contribution in [-0.4, -0.2) is 22.3 Å². The van der Waals surface area contributed by atoms with Gasteiger partial charge in [-0.15, -0.1) is 0 Å². The Labute approximate surface area is 260 Å². The van der Waals surface area contributed by atoms with Crippen LogP contribution in [0.2, 0.25) is 0 Å². The van der Waals surface area contributed by atoms with Gasteiger partial charge in [0.05, 0.1) is 5.60 Å². The molecule has 0 amide bonds. The Morgan fingerprint density at radius 1 is 0.651 bits per heavy atom. The molecule has 0 radical (unpaired) electrons. The number of Topliss-reactive ketones (excluding diaryl/α,β-unsaturated/α-hetero) is 1. The summed E-state index contributed by atoms with van der Waals surface area (Å²) in [5, 5.41) is 10.8. The smallest absolute Gasteiger partial charge is 0.156 e. The van der Waals surface area contributed by atoms with Gasteiger partial charge in [-0.25, -0.2) is 0 Å². The predicted octanol–water partition coefficient (Wildman–Crippen LogP) is 9.93. The maximum atomic E-state index is 12.0. The third-order valence-electron chi connectivity index (χ3n) is 7.93. The van der Waals surface area contributed by atoms with Gasteiger partial charge in [0, 0.05) is 19.3 Å². The van der Waals surface area contributed by atoms with Gasteiger partial charge in [0.25, 0.3) is 0 Å². The van der Waals surface area contributed by atoms with E-state index < -0.39 is 5.60 Å². The van der Waals surface area contributed by atoms with Crippen LogP contribution in [0.4, 0.5) is 0 Å². The number of aliphatic hydroxyl groups is 1. The molecule has 0 aromatic heterocycles. The van der Waals surface area contributed by atoms with Gasteiger partial charge in [-0.1, -0.05) is 135 Å². The molecule has 2 rings (SSSR count). The minimum atomic E-state index is -1.10. The third kappa shape index (κ3) is 11.6. The summed E-state index contributed by atoms with van der Waals surface area (Å²) in [6.45, 7) is 20.3. The van der Waals surface area contributed by atoms with Crippen molar-refractivity contribution in [2.45, 2.75) is 94.1 Å². The first-order chi connectivity index (χ1) is 19.9. The molecule has 0 heterocycles. The molecule has 0 saturated heterocycles. The highest BCUT2D eigenvalue weighted by atomic mass is 16.3. The van der Waals surface area contributed by atoms with Crippen LogP contribution in [0, 0.1) is 10.8 Å². The minimum Gasteiger partial charge on any atom is -0.385 e. The van der Waals surface area contributed by atoms with Gasteiger partial charge in [0.2, 0.25) is 0 Å². The Balaban J connectivity index is 1.94. The lowest BCUT2D eigenvalue weighted by atomic mass is 9.65. The molecule has 0 spiro atoms. The second-order valence-corrected chi connectivity index (χ2v) is 13.6. The zero-order chi connectivity index (χ0) is 32.4.